The van der Waals surface area contributed by atoms with Crippen molar-refractivity contribution >= 4 is 15.7 Å². The van der Waals surface area contributed by atoms with Gasteiger partial charge in [-0.05, 0) is 29.7 Å². The van der Waals surface area contributed by atoms with Crippen LogP contribution in [0, 0.1) is 0 Å². The molecule has 0 aliphatic carbocycles. The maximum atomic E-state index is 11.8. The highest BCUT2D eigenvalue weighted by Crippen LogP contribution is 2.38. The number of fused-ring (bicyclic) bond motifs is 1. The van der Waals surface area contributed by atoms with E-state index in [-0.39, 0.29) is 12.0 Å². The van der Waals surface area contributed by atoms with Crippen LogP contribution in [0.15, 0.2) is 60.0 Å². The van der Waals surface area contributed by atoms with E-state index < -0.39 is 9.84 Å². The molecule has 27 heavy (non-hydrogen) atoms. The number of carbonyl (C=O) groups excluding carboxylic acids is 1. The van der Waals surface area contributed by atoms with E-state index >= 15 is 0 Å². The largest absolute Gasteiger partial charge is 0.487 e. The third-order valence-electron chi connectivity index (χ3n) is 4.52. The average Bonchev–Trinajstić information content (AvgIpc) is 3.07. The van der Waals surface area contributed by atoms with E-state index in [9.17, 15) is 13.2 Å². The van der Waals surface area contributed by atoms with E-state index in [0.717, 1.165) is 28.9 Å². The van der Waals surface area contributed by atoms with Gasteiger partial charge in [-0.15, -0.1) is 6.58 Å². The summed E-state index contributed by atoms with van der Waals surface area (Å²) in [4.78, 5) is 12.1. The van der Waals surface area contributed by atoms with Crippen molar-refractivity contribution in [1.82, 2.24) is 5.32 Å². The molecule has 0 fully saturated rings. The zero-order chi connectivity index (χ0) is 19.4. The lowest BCUT2D eigenvalue weighted by atomic mass is 10.0. The molecule has 142 valence electrons. The number of carbonyl (C=O) groups is 1. The van der Waals surface area contributed by atoms with Gasteiger partial charge < -0.3 is 10.1 Å². The molecule has 0 saturated carbocycles. The van der Waals surface area contributed by atoms with Gasteiger partial charge in [0.1, 0.15) is 11.9 Å². The fourth-order valence-corrected chi connectivity index (χ4v) is 3.74. The Morgan fingerprint density at radius 1 is 1.26 bits per heavy atom. The highest BCUT2D eigenvalue weighted by atomic mass is 32.2. The molecule has 0 radical (unpaired) electrons. The lowest BCUT2D eigenvalue weighted by Gasteiger charge is -2.13. The predicted molar refractivity (Wildman–Crippen MR) is 106 cm³/mol. The molecule has 1 unspecified atom stereocenters. The number of sulfone groups is 1. The van der Waals surface area contributed by atoms with Gasteiger partial charge in [-0.25, -0.2) is 8.42 Å². The van der Waals surface area contributed by atoms with E-state index in [1.54, 1.807) is 30.3 Å². The first-order chi connectivity index (χ1) is 12.9. The van der Waals surface area contributed by atoms with Gasteiger partial charge in [0, 0.05) is 24.7 Å². The van der Waals surface area contributed by atoms with Crippen molar-refractivity contribution < 1.29 is 17.9 Å². The summed E-state index contributed by atoms with van der Waals surface area (Å²) in [5.74, 6) is 0.793. The van der Waals surface area contributed by atoms with Crippen LogP contribution in [0.1, 0.15) is 18.4 Å². The first-order valence-electron chi connectivity index (χ1n) is 8.85. The van der Waals surface area contributed by atoms with Gasteiger partial charge in [0.25, 0.3) is 0 Å². The maximum absolute atomic E-state index is 11.8. The summed E-state index contributed by atoms with van der Waals surface area (Å²) in [5.41, 5.74) is 2.91. The second kappa shape index (κ2) is 7.96. The van der Waals surface area contributed by atoms with Crippen LogP contribution in [0.2, 0.25) is 0 Å². The Morgan fingerprint density at radius 3 is 2.67 bits per heavy atom. The monoisotopic (exact) mass is 385 g/mol. The smallest absolute Gasteiger partial charge is 0.220 e. The Hall–Kier alpha value is -2.60. The molecule has 0 spiro atoms. The fourth-order valence-electron chi connectivity index (χ4n) is 3.11. The van der Waals surface area contributed by atoms with Gasteiger partial charge in [0.05, 0.1) is 11.4 Å². The Bertz CT molecular complexity index is 949. The molecular formula is C21H23NO4S. The Kier molecular flexibility index (Phi) is 5.65. The van der Waals surface area contributed by atoms with E-state index in [4.69, 9.17) is 4.74 Å². The van der Waals surface area contributed by atoms with Gasteiger partial charge >= 0.3 is 0 Å². The number of benzene rings is 2. The highest BCUT2D eigenvalue weighted by Gasteiger charge is 2.26. The average molecular weight is 385 g/mol. The second-order valence-corrected chi connectivity index (χ2v) is 8.68. The number of nitrogens with one attached hydrogen (secondary N) is 1. The Labute approximate surface area is 160 Å². The predicted octanol–water partition coefficient (Wildman–Crippen LogP) is 3.14. The van der Waals surface area contributed by atoms with Gasteiger partial charge in [0.2, 0.25) is 5.91 Å². The number of para-hydroxylation sites is 1. The van der Waals surface area contributed by atoms with E-state index in [1.807, 2.05) is 18.2 Å². The molecule has 6 heteroatoms. The van der Waals surface area contributed by atoms with Crippen LogP contribution in [0.25, 0.3) is 11.1 Å². The quantitative estimate of drug-likeness (QED) is 0.743. The van der Waals surface area contributed by atoms with Crippen LogP contribution in [0.4, 0.5) is 0 Å². The standard InChI is InChI=1S/C21H23NO4S/c1-3-4-8-20(23)22-14-17-13-16-6-5-7-19(21(16)26-17)15-9-11-18(12-10-15)27(2,24)25/h3,5-7,9-12,17H,1,4,8,13-14H2,2H3,(H,22,23). The zero-order valence-corrected chi connectivity index (χ0v) is 16.1. The van der Waals surface area contributed by atoms with Crippen LogP contribution in [-0.4, -0.2) is 33.2 Å². The number of allylic oxidation sites excluding steroid dienone is 1. The fraction of sp³-hybridized carbons (Fsp3) is 0.286. The molecule has 1 aliphatic heterocycles. The van der Waals surface area contributed by atoms with E-state index in [0.29, 0.717) is 24.3 Å². The van der Waals surface area contributed by atoms with Gasteiger partial charge in [-0.3, -0.25) is 4.79 Å². The van der Waals surface area contributed by atoms with Crippen molar-refractivity contribution in [2.45, 2.75) is 30.3 Å². The summed E-state index contributed by atoms with van der Waals surface area (Å²) >= 11 is 0. The summed E-state index contributed by atoms with van der Waals surface area (Å²) in [6, 6.07) is 12.7. The maximum Gasteiger partial charge on any atom is 0.220 e. The van der Waals surface area contributed by atoms with Crippen molar-refractivity contribution in [2.75, 3.05) is 12.8 Å². The molecule has 1 amide bonds. The Morgan fingerprint density at radius 2 is 2.00 bits per heavy atom. The number of hydrogen-bond acceptors (Lipinski definition) is 4. The number of amides is 1. The zero-order valence-electron chi connectivity index (χ0n) is 15.3. The molecule has 1 aliphatic rings. The molecule has 1 atom stereocenters. The summed E-state index contributed by atoms with van der Waals surface area (Å²) in [6.45, 7) is 4.07. The number of ether oxygens (including phenoxy) is 1. The second-order valence-electron chi connectivity index (χ2n) is 6.67. The molecule has 5 nitrogen and oxygen atoms in total. The molecular weight excluding hydrogens is 362 g/mol. The summed E-state index contributed by atoms with van der Waals surface area (Å²) in [6.07, 6.45) is 4.63. The summed E-state index contributed by atoms with van der Waals surface area (Å²) in [5, 5.41) is 2.90. The Balaban J connectivity index is 1.73. The van der Waals surface area contributed by atoms with Crippen molar-refractivity contribution in [3.63, 3.8) is 0 Å². The van der Waals surface area contributed by atoms with Crippen molar-refractivity contribution in [3.05, 3.63) is 60.7 Å². The normalized spacial score (nSPS) is 15.7. The lowest BCUT2D eigenvalue weighted by Crippen LogP contribution is -2.34. The third kappa shape index (κ3) is 4.57. The minimum absolute atomic E-state index is 0.00829. The van der Waals surface area contributed by atoms with E-state index in [1.165, 1.54) is 6.26 Å². The summed E-state index contributed by atoms with van der Waals surface area (Å²) in [7, 11) is -3.22. The van der Waals surface area contributed by atoms with Crippen molar-refractivity contribution in [2.24, 2.45) is 0 Å². The van der Waals surface area contributed by atoms with Crippen LogP contribution < -0.4 is 10.1 Å². The highest BCUT2D eigenvalue weighted by molar-refractivity contribution is 7.90. The first kappa shape index (κ1) is 19.2. The van der Waals surface area contributed by atoms with E-state index in [2.05, 4.69) is 11.9 Å². The third-order valence-corrected chi connectivity index (χ3v) is 5.65. The lowest BCUT2D eigenvalue weighted by molar-refractivity contribution is -0.121. The molecule has 2 aromatic carbocycles. The van der Waals surface area contributed by atoms with Crippen molar-refractivity contribution in [3.8, 4) is 16.9 Å². The molecule has 0 saturated heterocycles. The van der Waals surface area contributed by atoms with Crippen LogP contribution >= 0.6 is 0 Å². The molecule has 1 heterocycles. The number of rotatable bonds is 7. The van der Waals surface area contributed by atoms with Crippen molar-refractivity contribution in [1.29, 1.82) is 0 Å². The van der Waals surface area contributed by atoms with Crippen LogP contribution in [0.3, 0.4) is 0 Å². The number of hydrogen-bond donors (Lipinski definition) is 1. The molecule has 2 aromatic rings. The first-order valence-corrected chi connectivity index (χ1v) is 10.7. The topological polar surface area (TPSA) is 72.5 Å². The van der Waals surface area contributed by atoms with Crippen LogP contribution in [0.5, 0.6) is 5.75 Å². The SMILES string of the molecule is C=CCCC(=O)NCC1Cc2cccc(-c3ccc(S(C)(=O)=O)cc3)c2O1. The molecule has 3 rings (SSSR count). The minimum Gasteiger partial charge on any atom is -0.487 e. The van der Waals surface area contributed by atoms with Crippen LogP contribution in [-0.2, 0) is 21.1 Å². The summed E-state index contributed by atoms with van der Waals surface area (Å²) < 4.78 is 29.4. The minimum atomic E-state index is -3.22. The van der Waals surface area contributed by atoms with Gasteiger partial charge in [-0.1, -0.05) is 36.4 Å². The van der Waals surface area contributed by atoms with Gasteiger partial charge in [0.15, 0.2) is 9.84 Å². The van der Waals surface area contributed by atoms with Gasteiger partial charge in [-0.2, -0.15) is 0 Å². The molecule has 0 aromatic heterocycles. The molecule has 1 N–H and O–H groups in total. The molecule has 0 bridgehead atoms.